The molecular formula is C35H50B2NO19PS3. The lowest BCUT2D eigenvalue weighted by Gasteiger charge is -2.51. The topological polar surface area (TPSA) is 267 Å². The van der Waals surface area contributed by atoms with Gasteiger partial charge in [-0.25, -0.2) is 8.37 Å². The number of rotatable bonds is 19. The average molecular weight is 938 g/mol. The molecule has 3 heterocycles. The lowest BCUT2D eigenvalue weighted by atomic mass is 9.86. The molecule has 0 spiro atoms. The minimum absolute atomic E-state index is 0.155. The van der Waals surface area contributed by atoms with Gasteiger partial charge in [0.2, 0.25) is 0 Å². The molecule has 4 N–H and O–H groups in total. The van der Waals surface area contributed by atoms with E-state index >= 15 is 0 Å². The molecule has 15 atom stereocenters. The molecule has 3 saturated heterocycles. The standard InChI is InChI=1S/C35H50B2NO19PS3/c1-19-21(3)52-34(20(2)28(19)48-16-24-12-8-6-9-13-24)55-31-26(18-50-60(42,43)44)53-35(27(38-59(39,40)41)32(31)56-58(36)37)54-29-22(4)51-23(5)30(57-61(45,46)47)33(29)49-17-25-14-10-7-11-15-25/h6-15,19-23,26-35,38H,16-18H2,1-5H3,(H,39,40,41)(H,42,43,44)(H,45,46,47)/t19?,20?,21?,22?,23-,26?,27?,28+,29?,30?,31+,32+,33+,34-,35+/m0/s1. The highest BCUT2D eigenvalue weighted by molar-refractivity contribution is 7.97. The molecule has 2 aromatic carbocycles. The van der Waals surface area contributed by atoms with Crippen LogP contribution >= 0.6 is 7.91 Å². The molecule has 338 valence electrons. The molecule has 8 unspecified atom stereocenters. The maximum absolute atomic E-state index is 12.6. The van der Waals surface area contributed by atoms with Crippen molar-refractivity contribution in [1.29, 1.82) is 0 Å². The van der Waals surface area contributed by atoms with E-state index < -0.39 is 131 Å². The van der Waals surface area contributed by atoms with Crippen molar-refractivity contribution >= 4 is 54.1 Å². The molecule has 26 heteroatoms. The number of nitrogens with one attached hydrogen (secondary N) is 1. The van der Waals surface area contributed by atoms with Gasteiger partial charge >= 0.3 is 31.1 Å². The van der Waals surface area contributed by atoms with Gasteiger partial charge in [-0.2, -0.15) is 30.0 Å². The van der Waals surface area contributed by atoms with Crippen LogP contribution in [0.3, 0.4) is 0 Å². The van der Waals surface area contributed by atoms with Crippen LogP contribution in [0.25, 0.3) is 0 Å². The first-order chi connectivity index (χ1) is 28.5. The summed E-state index contributed by atoms with van der Waals surface area (Å²) < 4.78 is 164. The molecule has 3 aliphatic heterocycles. The van der Waals surface area contributed by atoms with Crippen molar-refractivity contribution in [2.45, 2.75) is 127 Å². The highest BCUT2D eigenvalue weighted by Gasteiger charge is 2.55. The number of ether oxygens (including phenoxy) is 7. The van der Waals surface area contributed by atoms with E-state index in [0.29, 0.717) is 5.56 Å². The van der Waals surface area contributed by atoms with E-state index in [2.05, 4.69) is 0 Å². The van der Waals surface area contributed by atoms with Crippen molar-refractivity contribution < 1.29 is 85.0 Å². The molecule has 61 heavy (non-hydrogen) atoms. The van der Waals surface area contributed by atoms with Crippen LogP contribution in [-0.4, -0.2) is 140 Å². The smallest absolute Gasteiger partial charge is 0.373 e. The van der Waals surface area contributed by atoms with E-state index in [1.807, 2.05) is 42.0 Å². The number of hydrogen-bond acceptors (Lipinski definition) is 16. The Kier molecular flexibility index (Phi) is 17.7. The molecule has 0 aliphatic carbocycles. The van der Waals surface area contributed by atoms with Crippen LogP contribution in [0.4, 0.5) is 0 Å². The Hall–Kier alpha value is -1.71. The fourth-order valence-corrected chi connectivity index (χ4v) is 9.54. The van der Waals surface area contributed by atoms with E-state index in [-0.39, 0.29) is 19.1 Å². The van der Waals surface area contributed by atoms with Gasteiger partial charge in [-0.1, -0.05) is 82.4 Å². The minimum Gasteiger partial charge on any atom is -0.373 e. The van der Waals surface area contributed by atoms with Crippen LogP contribution in [0.1, 0.15) is 45.7 Å². The van der Waals surface area contributed by atoms with Gasteiger partial charge in [-0.05, 0) is 31.9 Å². The van der Waals surface area contributed by atoms with Gasteiger partial charge in [0.25, 0.3) is 0 Å². The first kappa shape index (κ1) is 50.3. The van der Waals surface area contributed by atoms with Gasteiger partial charge in [-0.15, -0.1) is 0 Å². The summed E-state index contributed by atoms with van der Waals surface area (Å²) >= 11 is 0. The second kappa shape index (κ2) is 21.5. The summed E-state index contributed by atoms with van der Waals surface area (Å²) in [6.07, 6.45) is -15.7. The van der Waals surface area contributed by atoms with E-state index in [1.165, 1.54) is 13.8 Å². The van der Waals surface area contributed by atoms with Gasteiger partial charge in [0, 0.05) is 11.8 Å². The zero-order chi connectivity index (χ0) is 44.9. The quantitative estimate of drug-likeness (QED) is 0.0893. The zero-order valence-electron chi connectivity index (χ0n) is 33.8. The van der Waals surface area contributed by atoms with E-state index in [0.717, 1.165) is 5.56 Å². The average Bonchev–Trinajstić information content (AvgIpc) is 3.16. The Bertz CT molecular complexity index is 2030. The van der Waals surface area contributed by atoms with E-state index in [4.69, 9.17) is 61.2 Å². The van der Waals surface area contributed by atoms with Crippen LogP contribution in [0.2, 0.25) is 0 Å². The van der Waals surface area contributed by atoms with Crippen molar-refractivity contribution in [3.8, 4) is 0 Å². The Labute approximate surface area is 360 Å². The summed E-state index contributed by atoms with van der Waals surface area (Å²) in [7, 11) is -5.99. The third kappa shape index (κ3) is 14.6. The monoisotopic (exact) mass is 937 g/mol. The minimum atomic E-state index is -5.20. The SMILES string of the molecule is [B]P([B])O[C@@H]1C(NS(=O)(=O)O)[C@@H](OC2C(C)O[C@@H](C)C(OS(=O)(=O)O)[C@@H]2OCc2ccccc2)OC(COS(=O)(=O)O)[C@H]1O[C@@H]1OC(C)C(C)[C@@H](OCc2ccccc2)C1C. The van der Waals surface area contributed by atoms with Crippen molar-refractivity contribution in [3.63, 3.8) is 0 Å². The second-order valence-electron chi connectivity index (χ2n) is 15.0. The lowest BCUT2D eigenvalue weighted by Crippen LogP contribution is -2.69. The Morgan fingerprint density at radius 2 is 1.16 bits per heavy atom. The largest absolute Gasteiger partial charge is 0.397 e. The third-order valence-corrected chi connectivity index (χ3v) is 12.5. The molecule has 3 aliphatic rings. The maximum atomic E-state index is 12.6. The summed E-state index contributed by atoms with van der Waals surface area (Å²) in [5.41, 5.74) is 1.53. The predicted octanol–water partition coefficient (Wildman–Crippen LogP) is 2.19. The molecular weight excluding hydrogens is 887 g/mol. The van der Waals surface area contributed by atoms with Gasteiger partial charge < -0.3 is 37.7 Å². The molecule has 2 aromatic rings. The summed E-state index contributed by atoms with van der Waals surface area (Å²) in [4.78, 5) is 0. The molecule has 0 saturated carbocycles. The summed E-state index contributed by atoms with van der Waals surface area (Å²) in [6, 6.07) is 16.2. The highest BCUT2D eigenvalue weighted by atomic mass is 32.3. The summed E-state index contributed by atoms with van der Waals surface area (Å²) in [6.45, 7) is 7.52. The zero-order valence-corrected chi connectivity index (χ0v) is 37.1. The Morgan fingerprint density at radius 1 is 0.623 bits per heavy atom. The molecule has 0 amide bonds. The van der Waals surface area contributed by atoms with Crippen LogP contribution in [0, 0.1) is 11.8 Å². The van der Waals surface area contributed by atoms with Gasteiger partial charge in [0.05, 0.1) is 44.2 Å². The molecule has 20 nitrogen and oxygen atoms in total. The first-order valence-electron chi connectivity index (χ1n) is 19.1. The number of benzene rings is 2. The number of hydrogen-bond donors (Lipinski definition) is 4. The fraction of sp³-hybridized carbons (Fsp3) is 0.657. The third-order valence-electron chi connectivity index (χ3n) is 10.5. The molecule has 4 radical (unpaired) electrons. The molecule has 0 bridgehead atoms. The van der Waals surface area contributed by atoms with Crippen LogP contribution in [0.5, 0.6) is 0 Å². The lowest BCUT2D eigenvalue weighted by molar-refractivity contribution is -0.346. The predicted molar refractivity (Wildman–Crippen MR) is 217 cm³/mol. The van der Waals surface area contributed by atoms with E-state index in [9.17, 15) is 38.9 Å². The Balaban J connectivity index is 1.53. The summed E-state index contributed by atoms with van der Waals surface area (Å²) in [5, 5.41) is 0. The maximum Gasteiger partial charge on any atom is 0.397 e. The fourth-order valence-electron chi connectivity index (χ4n) is 7.56. The van der Waals surface area contributed by atoms with Crippen LogP contribution in [-0.2, 0) is 90.4 Å². The molecule has 3 fully saturated rings. The van der Waals surface area contributed by atoms with Crippen LogP contribution < -0.4 is 4.72 Å². The second-order valence-corrected chi connectivity index (χ2v) is 19.2. The highest BCUT2D eigenvalue weighted by Crippen LogP contribution is 2.41. The van der Waals surface area contributed by atoms with Gasteiger partial charge in [0.15, 0.2) is 12.6 Å². The van der Waals surface area contributed by atoms with Gasteiger partial charge in [-0.3, -0.25) is 13.7 Å². The van der Waals surface area contributed by atoms with Gasteiger partial charge in [0.1, 0.15) is 57.8 Å². The van der Waals surface area contributed by atoms with Crippen LogP contribution in [0.15, 0.2) is 60.7 Å². The molecule has 0 aromatic heterocycles. The summed E-state index contributed by atoms with van der Waals surface area (Å²) in [5.74, 6) is -0.741. The first-order valence-corrected chi connectivity index (χ1v) is 24.6. The van der Waals surface area contributed by atoms with Crippen molar-refractivity contribution in [2.24, 2.45) is 11.8 Å². The van der Waals surface area contributed by atoms with E-state index in [1.54, 1.807) is 44.2 Å². The molecule has 5 rings (SSSR count). The van der Waals surface area contributed by atoms with Crippen molar-refractivity contribution in [3.05, 3.63) is 71.8 Å². The Morgan fingerprint density at radius 3 is 1.69 bits per heavy atom. The van der Waals surface area contributed by atoms with Crippen molar-refractivity contribution in [1.82, 2.24) is 4.72 Å². The van der Waals surface area contributed by atoms with Crippen molar-refractivity contribution in [2.75, 3.05) is 6.61 Å². The normalized spacial score (nSPS) is 35.3.